The SMILES string of the molecule is C=C[C@@H](O)[C@@H]1O[C@@](C)(OC)[C@](C)(OC)OC1=O. The molecule has 4 atom stereocenters. The molecule has 0 bridgehead atoms. The minimum atomic E-state index is -1.38. The van der Waals surface area contributed by atoms with E-state index >= 15 is 0 Å². The lowest BCUT2D eigenvalue weighted by molar-refractivity contribution is -0.409. The lowest BCUT2D eigenvalue weighted by Crippen LogP contribution is -2.65. The maximum atomic E-state index is 11.7. The van der Waals surface area contributed by atoms with Crippen LogP contribution in [0.5, 0.6) is 0 Å². The molecule has 0 saturated carbocycles. The van der Waals surface area contributed by atoms with E-state index in [0.717, 1.165) is 0 Å². The molecule has 0 unspecified atom stereocenters. The van der Waals surface area contributed by atoms with Gasteiger partial charge in [-0.15, -0.1) is 6.58 Å². The number of aliphatic hydroxyl groups excluding tert-OH is 1. The van der Waals surface area contributed by atoms with E-state index in [1.807, 2.05) is 0 Å². The summed E-state index contributed by atoms with van der Waals surface area (Å²) in [6.45, 7) is 6.47. The second-order valence-corrected chi connectivity index (χ2v) is 3.99. The summed E-state index contributed by atoms with van der Waals surface area (Å²) in [6.07, 6.45) is -1.16. The summed E-state index contributed by atoms with van der Waals surface area (Å²) < 4.78 is 20.9. The number of carbonyl (C=O) groups is 1. The Morgan fingerprint density at radius 3 is 2.35 bits per heavy atom. The zero-order chi connectivity index (χ0) is 13.3. The molecule has 0 radical (unpaired) electrons. The number of methoxy groups -OCH3 is 2. The fourth-order valence-corrected chi connectivity index (χ4v) is 1.53. The Labute approximate surface area is 100 Å². The third kappa shape index (κ3) is 2.21. The molecule has 1 fully saturated rings. The molecule has 1 aliphatic rings. The van der Waals surface area contributed by atoms with E-state index in [4.69, 9.17) is 18.9 Å². The summed E-state index contributed by atoms with van der Waals surface area (Å²) in [5.41, 5.74) is 0. The van der Waals surface area contributed by atoms with E-state index in [-0.39, 0.29) is 0 Å². The summed E-state index contributed by atoms with van der Waals surface area (Å²) in [7, 11) is 2.77. The van der Waals surface area contributed by atoms with Gasteiger partial charge in [0, 0.05) is 21.1 Å². The second kappa shape index (κ2) is 4.73. The van der Waals surface area contributed by atoms with Gasteiger partial charge in [0.25, 0.3) is 5.79 Å². The first kappa shape index (κ1) is 14.1. The number of carbonyl (C=O) groups excluding carboxylic acids is 1. The Hall–Kier alpha value is -0.950. The van der Waals surface area contributed by atoms with Crippen molar-refractivity contribution in [2.75, 3.05) is 14.2 Å². The first-order valence-corrected chi connectivity index (χ1v) is 5.15. The molecule has 6 nitrogen and oxygen atoms in total. The van der Waals surface area contributed by atoms with Gasteiger partial charge in [0.2, 0.25) is 5.79 Å². The molecule has 1 rings (SSSR count). The highest BCUT2D eigenvalue weighted by atomic mass is 16.8. The van der Waals surface area contributed by atoms with Crippen molar-refractivity contribution in [2.24, 2.45) is 0 Å². The largest absolute Gasteiger partial charge is 0.425 e. The number of esters is 1. The fourth-order valence-electron chi connectivity index (χ4n) is 1.53. The third-order valence-corrected chi connectivity index (χ3v) is 3.04. The molecule has 98 valence electrons. The van der Waals surface area contributed by atoms with Crippen molar-refractivity contribution < 1.29 is 28.8 Å². The van der Waals surface area contributed by atoms with Gasteiger partial charge in [-0.05, 0) is 6.92 Å². The van der Waals surface area contributed by atoms with Gasteiger partial charge >= 0.3 is 5.97 Å². The molecular weight excluding hydrogens is 228 g/mol. The van der Waals surface area contributed by atoms with Gasteiger partial charge in [0.15, 0.2) is 6.10 Å². The maximum Gasteiger partial charge on any atom is 0.341 e. The second-order valence-electron chi connectivity index (χ2n) is 3.99. The predicted octanol–water partition coefficient (Wildman–Crippen LogP) is 0.200. The number of aliphatic hydroxyl groups is 1. The molecule has 6 heteroatoms. The average molecular weight is 246 g/mol. The van der Waals surface area contributed by atoms with Gasteiger partial charge in [0.1, 0.15) is 6.10 Å². The third-order valence-electron chi connectivity index (χ3n) is 3.04. The normalized spacial score (nSPS) is 39.6. The number of ether oxygens (including phenoxy) is 4. The van der Waals surface area contributed by atoms with Gasteiger partial charge in [-0.25, -0.2) is 4.79 Å². The van der Waals surface area contributed by atoms with Crippen molar-refractivity contribution in [1.82, 2.24) is 0 Å². The first-order valence-electron chi connectivity index (χ1n) is 5.15. The Balaban J connectivity index is 3.03. The topological polar surface area (TPSA) is 74.2 Å². The molecule has 0 aromatic carbocycles. The van der Waals surface area contributed by atoms with Gasteiger partial charge in [-0.3, -0.25) is 0 Å². The van der Waals surface area contributed by atoms with Crippen molar-refractivity contribution in [3.8, 4) is 0 Å². The minimum Gasteiger partial charge on any atom is -0.425 e. The zero-order valence-corrected chi connectivity index (χ0v) is 10.4. The van der Waals surface area contributed by atoms with Crippen LogP contribution in [0.2, 0.25) is 0 Å². The molecular formula is C11H18O6. The predicted molar refractivity (Wildman–Crippen MR) is 58.0 cm³/mol. The Kier molecular flexibility index (Phi) is 3.93. The zero-order valence-electron chi connectivity index (χ0n) is 10.4. The maximum absolute atomic E-state index is 11.7. The van der Waals surface area contributed by atoms with Crippen molar-refractivity contribution in [1.29, 1.82) is 0 Å². The lowest BCUT2D eigenvalue weighted by atomic mass is 10.0. The smallest absolute Gasteiger partial charge is 0.341 e. The van der Waals surface area contributed by atoms with E-state index in [2.05, 4.69) is 6.58 Å². The first-order chi connectivity index (χ1) is 7.83. The van der Waals surface area contributed by atoms with Crippen LogP contribution in [-0.2, 0) is 23.7 Å². The number of rotatable bonds is 4. The highest BCUT2D eigenvalue weighted by molar-refractivity contribution is 5.77. The van der Waals surface area contributed by atoms with Crippen LogP contribution in [0.25, 0.3) is 0 Å². The van der Waals surface area contributed by atoms with Crippen LogP contribution in [0, 0.1) is 0 Å². The van der Waals surface area contributed by atoms with Gasteiger partial charge in [-0.1, -0.05) is 6.08 Å². The summed E-state index contributed by atoms with van der Waals surface area (Å²) >= 11 is 0. The monoisotopic (exact) mass is 246 g/mol. The average Bonchev–Trinajstić information content (AvgIpc) is 2.32. The molecule has 1 N–H and O–H groups in total. The molecule has 1 heterocycles. The van der Waals surface area contributed by atoms with Crippen LogP contribution >= 0.6 is 0 Å². The molecule has 0 aliphatic carbocycles. The Morgan fingerprint density at radius 1 is 1.41 bits per heavy atom. The van der Waals surface area contributed by atoms with Crippen molar-refractivity contribution in [2.45, 2.75) is 37.6 Å². The van der Waals surface area contributed by atoms with Crippen LogP contribution in [0.1, 0.15) is 13.8 Å². The van der Waals surface area contributed by atoms with Crippen LogP contribution in [-0.4, -0.2) is 49.1 Å². The number of hydrogen-bond donors (Lipinski definition) is 1. The van der Waals surface area contributed by atoms with Crippen LogP contribution in [0.4, 0.5) is 0 Å². The molecule has 0 aromatic rings. The molecule has 1 aliphatic heterocycles. The summed E-state index contributed by atoms with van der Waals surface area (Å²) in [6, 6.07) is 0. The van der Waals surface area contributed by atoms with Gasteiger partial charge < -0.3 is 24.1 Å². The van der Waals surface area contributed by atoms with Crippen LogP contribution < -0.4 is 0 Å². The number of cyclic esters (lactones) is 1. The molecule has 1 saturated heterocycles. The molecule has 0 aromatic heterocycles. The standard InChI is InChI=1S/C11H18O6/c1-6-7(12)8-9(13)17-11(3,15-5)10(2,14-4)16-8/h6-8,12H,1H2,2-5H3/t7-,8+,10-,11-/m1/s1. The fraction of sp³-hybridized carbons (Fsp3) is 0.727. The lowest BCUT2D eigenvalue weighted by Gasteiger charge is -2.48. The Morgan fingerprint density at radius 2 is 1.94 bits per heavy atom. The van der Waals surface area contributed by atoms with E-state index in [0.29, 0.717) is 0 Å². The van der Waals surface area contributed by atoms with Crippen molar-refractivity contribution >= 4 is 5.97 Å². The summed E-state index contributed by atoms with van der Waals surface area (Å²) in [4.78, 5) is 11.7. The highest BCUT2D eigenvalue weighted by Crippen LogP contribution is 2.37. The van der Waals surface area contributed by atoms with Crippen LogP contribution in [0.15, 0.2) is 12.7 Å². The quantitative estimate of drug-likeness (QED) is 0.564. The minimum absolute atomic E-state index is 0.726. The van der Waals surface area contributed by atoms with E-state index in [9.17, 15) is 9.90 Å². The summed E-state index contributed by atoms with van der Waals surface area (Å²) in [5.74, 6) is -3.42. The highest BCUT2D eigenvalue weighted by Gasteiger charge is 2.58. The molecule has 0 amide bonds. The van der Waals surface area contributed by atoms with Gasteiger partial charge in [0.05, 0.1) is 0 Å². The number of hydrogen-bond acceptors (Lipinski definition) is 6. The molecule has 17 heavy (non-hydrogen) atoms. The van der Waals surface area contributed by atoms with Crippen molar-refractivity contribution in [3.63, 3.8) is 0 Å². The molecule has 0 spiro atoms. The Bertz CT molecular complexity index is 317. The van der Waals surface area contributed by atoms with E-state index in [1.54, 1.807) is 6.92 Å². The van der Waals surface area contributed by atoms with Crippen LogP contribution in [0.3, 0.4) is 0 Å². The van der Waals surface area contributed by atoms with Gasteiger partial charge in [-0.2, -0.15) is 0 Å². The van der Waals surface area contributed by atoms with E-state index < -0.39 is 29.8 Å². The van der Waals surface area contributed by atoms with E-state index in [1.165, 1.54) is 27.2 Å². The summed E-state index contributed by atoms with van der Waals surface area (Å²) in [5, 5.41) is 9.58. The van der Waals surface area contributed by atoms with Crippen molar-refractivity contribution in [3.05, 3.63) is 12.7 Å².